The summed E-state index contributed by atoms with van der Waals surface area (Å²) in [5, 5.41) is 7.92. The highest BCUT2D eigenvalue weighted by Crippen LogP contribution is 2.34. The summed E-state index contributed by atoms with van der Waals surface area (Å²) in [6.07, 6.45) is -2.47. The van der Waals surface area contributed by atoms with Crippen LogP contribution in [0.3, 0.4) is 0 Å². The largest absolute Gasteiger partial charge is 0.393 e. The van der Waals surface area contributed by atoms with Gasteiger partial charge in [0.15, 0.2) is 0 Å². The molecule has 18 heavy (non-hydrogen) atoms. The Hall–Kier alpha value is -1.11. The maximum atomic E-state index is 12.7. The molecule has 0 amide bonds. The van der Waals surface area contributed by atoms with E-state index in [4.69, 9.17) is 5.73 Å². The maximum absolute atomic E-state index is 12.7. The zero-order valence-electron chi connectivity index (χ0n) is 10.2. The van der Waals surface area contributed by atoms with E-state index in [0.717, 1.165) is 6.42 Å². The van der Waals surface area contributed by atoms with Gasteiger partial charge in [-0.15, -0.1) is 10.2 Å². The molecule has 0 bridgehead atoms. The Morgan fingerprint density at radius 2 is 2.17 bits per heavy atom. The van der Waals surface area contributed by atoms with Gasteiger partial charge in [0.2, 0.25) is 0 Å². The second kappa shape index (κ2) is 4.87. The third kappa shape index (κ3) is 2.66. The standard InChI is InChI=1S/C11H17F3N4/c1-2-8(15)5-10-17-16-9-4-3-7(6-18(9)10)11(12,13)14/h7-8H,2-6,15H2,1H3. The monoisotopic (exact) mass is 262 g/mol. The number of aryl methyl sites for hydroxylation is 1. The van der Waals surface area contributed by atoms with Crippen LogP contribution in [0.4, 0.5) is 13.2 Å². The summed E-state index contributed by atoms with van der Waals surface area (Å²) in [7, 11) is 0. The van der Waals surface area contributed by atoms with Crippen molar-refractivity contribution in [3.63, 3.8) is 0 Å². The minimum absolute atomic E-state index is 0.0718. The molecule has 0 fully saturated rings. The number of hydrogen-bond donors (Lipinski definition) is 1. The van der Waals surface area contributed by atoms with E-state index >= 15 is 0 Å². The molecular weight excluding hydrogens is 245 g/mol. The summed E-state index contributed by atoms with van der Waals surface area (Å²) in [6, 6.07) is -0.0791. The molecule has 2 unspecified atom stereocenters. The zero-order chi connectivity index (χ0) is 13.3. The van der Waals surface area contributed by atoms with Gasteiger partial charge in [-0.05, 0) is 12.8 Å². The van der Waals surface area contributed by atoms with Crippen molar-refractivity contribution in [2.75, 3.05) is 0 Å². The molecule has 0 aromatic carbocycles. The Kier molecular flexibility index (Phi) is 3.61. The van der Waals surface area contributed by atoms with Crippen LogP contribution in [0.15, 0.2) is 0 Å². The normalized spacial score (nSPS) is 21.7. The Bertz CT molecular complexity index is 413. The summed E-state index contributed by atoms with van der Waals surface area (Å²) in [5.74, 6) is -0.0697. The van der Waals surface area contributed by atoms with Crippen molar-refractivity contribution in [1.82, 2.24) is 14.8 Å². The third-order valence-corrected chi connectivity index (χ3v) is 3.46. The summed E-state index contributed by atoms with van der Waals surface area (Å²) in [6.45, 7) is 1.87. The average molecular weight is 262 g/mol. The van der Waals surface area contributed by atoms with E-state index < -0.39 is 12.1 Å². The van der Waals surface area contributed by atoms with Crippen molar-refractivity contribution in [3.05, 3.63) is 11.6 Å². The van der Waals surface area contributed by atoms with Crippen molar-refractivity contribution in [1.29, 1.82) is 0 Å². The first-order valence-electron chi connectivity index (χ1n) is 6.15. The number of fused-ring (bicyclic) bond motifs is 1. The SMILES string of the molecule is CCC(N)Cc1nnc2n1CC(C(F)(F)F)CC2. The first-order valence-corrected chi connectivity index (χ1v) is 6.15. The van der Waals surface area contributed by atoms with Gasteiger partial charge in [0.05, 0.1) is 5.92 Å². The van der Waals surface area contributed by atoms with Crippen LogP contribution in [-0.2, 0) is 19.4 Å². The fraction of sp³-hybridized carbons (Fsp3) is 0.818. The summed E-state index contributed by atoms with van der Waals surface area (Å²) >= 11 is 0. The number of alkyl halides is 3. The highest BCUT2D eigenvalue weighted by molar-refractivity contribution is 5.02. The van der Waals surface area contributed by atoms with Crippen molar-refractivity contribution >= 4 is 0 Å². The van der Waals surface area contributed by atoms with Crippen LogP contribution in [0.2, 0.25) is 0 Å². The molecular formula is C11H17F3N4. The van der Waals surface area contributed by atoms with Gasteiger partial charge < -0.3 is 10.3 Å². The van der Waals surface area contributed by atoms with Crippen LogP contribution in [0.25, 0.3) is 0 Å². The van der Waals surface area contributed by atoms with Crippen LogP contribution in [-0.4, -0.2) is 27.0 Å². The molecule has 4 nitrogen and oxygen atoms in total. The molecule has 1 aliphatic rings. The minimum atomic E-state index is -4.15. The van der Waals surface area contributed by atoms with E-state index in [1.807, 2.05) is 6.92 Å². The lowest BCUT2D eigenvalue weighted by atomic mass is 9.98. The minimum Gasteiger partial charge on any atom is -0.327 e. The molecule has 0 aliphatic carbocycles. The summed E-state index contributed by atoms with van der Waals surface area (Å²) in [5.41, 5.74) is 5.81. The highest BCUT2D eigenvalue weighted by atomic mass is 19.4. The number of nitrogens with two attached hydrogens (primary N) is 1. The van der Waals surface area contributed by atoms with E-state index in [1.165, 1.54) is 0 Å². The van der Waals surface area contributed by atoms with Crippen molar-refractivity contribution in [2.45, 2.75) is 51.4 Å². The zero-order valence-corrected chi connectivity index (χ0v) is 10.2. The van der Waals surface area contributed by atoms with Gasteiger partial charge in [0.1, 0.15) is 11.6 Å². The van der Waals surface area contributed by atoms with Gasteiger partial charge >= 0.3 is 6.18 Å². The lowest BCUT2D eigenvalue weighted by Crippen LogP contribution is -2.33. The van der Waals surface area contributed by atoms with E-state index in [1.54, 1.807) is 4.57 Å². The van der Waals surface area contributed by atoms with Crippen LogP contribution in [0.1, 0.15) is 31.4 Å². The molecule has 0 saturated carbocycles. The van der Waals surface area contributed by atoms with Crippen LogP contribution >= 0.6 is 0 Å². The molecule has 102 valence electrons. The van der Waals surface area contributed by atoms with E-state index in [-0.39, 0.29) is 19.0 Å². The van der Waals surface area contributed by atoms with Gasteiger partial charge in [0, 0.05) is 25.4 Å². The van der Waals surface area contributed by atoms with E-state index in [2.05, 4.69) is 10.2 Å². The van der Waals surface area contributed by atoms with Crippen molar-refractivity contribution in [3.8, 4) is 0 Å². The Labute approximate surface area is 103 Å². The smallest absolute Gasteiger partial charge is 0.327 e. The third-order valence-electron chi connectivity index (χ3n) is 3.46. The highest BCUT2D eigenvalue weighted by Gasteiger charge is 2.42. The molecule has 7 heteroatoms. The second-order valence-corrected chi connectivity index (χ2v) is 4.79. The Morgan fingerprint density at radius 1 is 1.44 bits per heavy atom. The average Bonchev–Trinajstić information content (AvgIpc) is 2.70. The van der Waals surface area contributed by atoms with Gasteiger partial charge in [-0.2, -0.15) is 13.2 Å². The lowest BCUT2D eigenvalue weighted by Gasteiger charge is -2.26. The van der Waals surface area contributed by atoms with Crippen LogP contribution < -0.4 is 5.73 Å². The molecule has 1 aliphatic heterocycles. The van der Waals surface area contributed by atoms with Crippen molar-refractivity contribution in [2.24, 2.45) is 11.7 Å². The number of aromatic nitrogens is 3. The number of halogens is 3. The summed E-state index contributed by atoms with van der Waals surface area (Å²) < 4.78 is 39.8. The number of rotatable bonds is 3. The number of hydrogen-bond acceptors (Lipinski definition) is 3. The molecule has 1 aromatic rings. The lowest BCUT2D eigenvalue weighted by molar-refractivity contribution is -0.182. The second-order valence-electron chi connectivity index (χ2n) is 4.79. The molecule has 2 heterocycles. The summed E-state index contributed by atoms with van der Waals surface area (Å²) in [4.78, 5) is 0. The molecule has 2 rings (SSSR count). The molecule has 1 aromatic heterocycles. The topological polar surface area (TPSA) is 56.7 Å². The molecule has 2 atom stereocenters. The predicted molar refractivity (Wildman–Crippen MR) is 59.9 cm³/mol. The van der Waals surface area contributed by atoms with Gasteiger partial charge in [0.25, 0.3) is 0 Å². The fourth-order valence-corrected chi connectivity index (χ4v) is 2.18. The molecule has 2 N–H and O–H groups in total. The van der Waals surface area contributed by atoms with Gasteiger partial charge in [-0.1, -0.05) is 6.92 Å². The fourth-order valence-electron chi connectivity index (χ4n) is 2.18. The Balaban J connectivity index is 2.17. The first kappa shape index (κ1) is 13.3. The van der Waals surface area contributed by atoms with Gasteiger partial charge in [-0.25, -0.2) is 0 Å². The van der Waals surface area contributed by atoms with Crippen molar-refractivity contribution < 1.29 is 13.2 Å². The van der Waals surface area contributed by atoms with E-state index in [0.29, 0.717) is 24.5 Å². The van der Waals surface area contributed by atoms with E-state index in [9.17, 15) is 13.2 Å². The first-order chi connectivity index (χ1) is 8.41. The van der Waals surface area contributed by atoms with Crippen LogP contribution in [0.5, 0.6) is 0 Å². The molecule has 0 radical (unpaired) electrons. The Morgan fingerprint density at radius 3 is 2.78 bits per heavy atom. The van der Waals surface area contributed by atoms with Gasteiger partial charge in [-0.3, -0.25) is 0 Å². The molecule has 0 saturated heterocycles. The quantitative estimate of drug-likeness (QED) is 0.901. The predicted octanol–water partition coefficient (Wildman–Crippen LogP) is 1.68. The van der Waals surface area contributed by atoms with Crippen LogP contribution in [0, 0.1) is 5.92 Å². The number of nitrogens with zero attached hydrogens (tertiary/aromatic N) is 3. The maximum Gasteiger partial charge on any atom is 0.393 e. The molecule has 0 spiro atoms.